The Labute approximate surface area is 139 Å². The van der Waals surface area contributed by atoms with Gasteiger partial charge in [-0.25, -0.2) is 0 Å². The zero-order valence-corrected chi connectivity index (χ0v) is 14.5. The van der Waals surface area contributed by atoms with Crippen LogP contribution in [0.25, 0.3) is 0 Å². The summed E-state index contributed by atoms with van der Waals surface area (Å²) in [5, 5.41) is 8.55. The third kappa shape index (κ3) is 19.2. The molecular formula is C16H32O7. The van der Waals surface area contributed by atoms with Crippen molar-refractivity contribution in [1.29, 1.82) is 0 Å². The van der Waals surface area contributed by atoms with Crippen molar-refractivity contribution in [1.82, 2.24) is 0 Å². The van der Waals surface area contributed by atoms with E-state index in [1.807, 2.05) is 13.8 Å². The van der Waals surface area contributed by atoms with Crippen LogP contribution in [0.1, 0.15) is 33.1 Å². The van der Waals surface area contributed by atoms with Crippen LogP contribution in [0.3, 0.4) is 0 Å². The first-order chi connectivity index (χ1) is 11.2. The molecule has 0 aromatic heterocycles. The second kappa shape index (κ2) is 17.6. The molecule has 0 saturated heterocycles. The first-order valence-electron chi connectivity index (χ1n) is 8.28. The lowest BCUT2D eigenvalue weighted by atomic mass is 10.3. The monoisotopic (exact) mass is 336 g/mol. The molecule has 138 valence electrons. The van der Waals surface area contributed by atoms with E-state index in [-0.39, 0.29) is 18.7 Å². The number of rotatable bonds is 17. The van der Waals surface area contributed by atoms with Gasteiger partial charge in [0.2, 0.25) is 0 Å². The first kappa shape index (κ1) is 22.3. The van der Waals surface area contributed by atoms with Crippen molar-refractivity contribution in [3.05, 3.63) is 0 Å². The Bertz CT molecular complexity index is 259. The largest absolute Gasteiger partial charge is 0.463 e. The van der Waals surface area contributed by atoms with Crippen molar-refractivity contribution in [3.63, 3.8) is 0 Å². The molecule has 23 heavy (non-hydrogen) atoms. The highest BCUT2D eigenvalue weighted by Gasteiger charge is 2.04. The number of ether oxygens (including phenoxy) is 5. The van der Waals surface area contributed by atoms with Crippen LogP contribution in [-0.4, -0.2) is 76.6 Å². The summed E-state index contributed by atoms with van der Waals surface area (Å²) in [5.41, 5.74) is 0. The lowest BCUT2D eigenvalue weighted by molar-refractivity contribution is -0.147. The number of esters is 1. The number of carbonyl (C=O) groups excluding carboxylic acids is 1. The number of carbonyl (C=O) groups is 1. The molecule has 0 aliphatic rings. The minimum atomic E-state index is -0.183. The maximum Gasteiger partial charge on any atom is 0.306 e. The maximum atomic E-state index is 11.3. The molecule has 7 nitrogen and oxygen atoms in total. The van der Waals surface area contributed by atoms with E-state index in [1.165, 1.54) is 0 Å². The normalized spacial score (nSPS) is 11.1. The second-order valence-corrected chi connectivity index (χ2v) is 5.17. The van der Waals surface area contributed by atoms with Gasteiger partial charge in [-0.1, -0.05) is 0 Å². The van der Waals surface area contributed by atoms with Crippen LogP contribution < -0.4 is 0 Å². The Morgan fingerprint density at radius 2 is 1.22 bits per heavy atom. The van der Waals surface area contributed by atoms with Gasteiger partial charge >= 0.3 is 5.97 Å². The zero-order valence-electron chi connectivity index (χ0n) is 14.5. The SMILES string of the molecule is CC(C)OC(=O)CCCOCCOCCOCCOCCCO. The predicted octanol–water partition coefficient (Wildman–Crippen LogP) is 1.17. The quantitative estimate of drug-likeness (QED) is 0.315. The summed E-state index contributed by atoms with van der Waals surface area (Å²) >= 11 is 0. The average molecular weight is 336 g/mol. The van der Waals surface area contributed by atoms with Crippen LogP contribution in [0.4, 0.5) is 0 Å². The Hall–Kier alpha value is -0.730. The van der Waals surface area contributed by atoms with Crippen molar-refractivity contribution in [2.75, 3.05) is 59.5 Å². The summed E-state index contributed by atoms with van der Waals surface area (Å²) in [7, 11) is 0. The van der Waals surface area contributed by atoms with Gasteiger partial charge in [0, 0.05) is 26.2 Å². The number of hydrogen-bond acceptors (Lipinski definition) is 7. The standard InChI is InChI=1S/C16H32O7/c1-15(2)23-16(18)5-3-7-19-9-11-21-13-14-22-12-10-20-8-4-6-17/h15,17H,3-14H2,1-2H3. The molecule has 0 spiro atoms. The van der Waals surface area contributed by atoms with Gasteiger partial charge in [0.05, 0.1) is 45.7 Å². The smallest absolute Gasteiger partial charge is 0.306 e. The number of hydrogen-bond donors (Lipinski definition) is 1. The highest BCUT2D eigenvalue weighted by atomic mass is 16.6. The van der Waals surface area contributed by atoms with Crippen LogP contribution in [-0.2, 0) is 28.5 Å². The third-order valence-corrected chi connectivity index (χ3v) is 2.60. The van der Waals surface area contributed by atoms with Gasteiger partial charge in [0.1, 0.15) is 0 Å². The lowest BCUT2D eigenvalue weighted by Gasteiger charge is -2.08. The molecule has 0 fully saturated rings. The summed E-state index contributed by atoms with van der Waals surface area (Å²) in [4.78, 5) is 11.3. The molecule has 0 aromatic carbocycles. The van der Waals surface area contributed by atoms with E-state index >= 15 is 0 Å². The molecule has 7 heteroatoms. The van der Waals surface area contributed by atoms with Crippen LogP contribution >= 0.6 is 0 Å². The van der Waals surface area contributed by atoms with Gasteiger partial charge in [-0.3, -0.25) is 4.79 Å². The minimum Gasteiger partial charge on any atom is -0.463 e. The van der Waals surface area contributed by atoms with Crippen molar-refractivity contribution in [3.8, 4) is 0 Å². The topological polar surface area (TPSA) is 83.5 Å². The molecular weight excluding hydrogens is 304 g/mol. The fraction of sp³-hybridized carbons (Fsp3) is 0.938. The van der Waals surface area contributed by atoms with E-state index in [9.17, 15) is 4.79 Å². The number of aliphatic hydroxyl groups is 1. The Balaban J connectivity index is 3.06. The minimum absolute atomic E-state index is 0.0638. The average Bonchev–Trinajstić information content (AvgIpc) is 2.50. The third-order valence-electron chi connectivity index (χ3n) is 2.60. The molecule has 0 radical (unpaired) electrons. The highest BCUT2D eigenvalue weighted by Crippen LogP contribution is 1.97. The van der Waals surface area contributed by atoms with E-state index < -0.39 is 0 Å². The van der Waals surface area contributed by atoms with Crippen LogP contribution in [0.5, 0.6) is 0 Å². The van der Waals surface area contributed by atoms with Gasteiger partial charge in [0.15, 0.2) is 0 Å². The first-order valence-corrected chi connectivity index (χ1v) is 8.28. The molecule has 0 atom stereocenters. The summed E-state index contributed by atoms with van der Waals surface area (Å²) in [5.74, 6) is -0.183. The van der Waals surface area contributed by atoms with Gasteiger partial charge in [0.25, 0.3) is 0 Å². The number of aliphatic hydroxyl groups excluding tert-OH is 1. The molecule has 0 amide bonds. The Morgan fingerprint density at radius 3 is 1.65 bits per heavy atom. The fourth-order valence-corrected chi connectivity index (χ4v) is 1.57. The van der Waals surface area contributed by atoms with Crippen LogP contribution in [0.15, 0.2) is 0 Å². The zero-order chi connectivity index (χ0) is 17.2. The Morgan fingerprint density at radius 1 is 0.783 bits per heavy atom. The molecule has 0 unspecified atom stereocenters. The van der Waals surface area contributed by atoms with Crippen molar-refractivity contribution in [2.24, 2.45) is 0 Å². The van der Waals surface area contributed by atoms with Crippen molar-refractivity contribution in [2.45, 2.75) is 39.2 Å². The van der Waals surface area contributed by atoms with E-state index in [1.54, 1.807) is 0 Å². The maximum absolute atomic E-state index is 11.3. The summed E-state index contributed by atoms with van der Waals surface area (Å²) in [6.07, 6.45) is 1.63. The molecule has 0 rings (SSSR count). The molecule has 0 saturated carbocycles. The summed E-state index contributed by atoms with van der Waals surface area (Å²) in [6.45, 7) is 8.00. The van der Waals surface area contributed by atoms with E-state index in [0.29, 0.717) is 72.1 Å². The molecule has 0 bridgehead atoms. The molecule has 0 heterocycles. The van der Waals surface area contributed by atoms with E-state index in [2.05, 4.69) is 0 Å². The fourth-order valence-electron chi connectivity index (χ4n) is 1.57. The summed E-state index contributed by atoms with van der Waals surface area (Å²) < 4.78 is 26.2. The molecule has 0 aliphatic carbocycles. The van der Waals surface area contributed by atoms with Gasteiger partial charge < -0.3 is 28.8 Å². The van der Waals surface area contributed by atoms with Crippen molar-refractivity contribution >= 4 is 5.97 Å². The van der Waals surface area contributed by atoms with Crippen LogP contribution in [0, 0.1) is 0 Å². The molecule has 1 N–H and O–H groups in total. The van der Waals surface area contributed by atoms with Crippen LogP contribution in [0.2, 0.25) is 0 Å². The van der Waals surface area contributed by atoms with Crippen molar-refractivity contribution < 1.29 is 33.6 Å². The van der Waals surface area contributed by atoms with E-state index in [0.717, 1.165) is 0 Å². The lowest BCUT2D eigenvalue weighted by Crippen LogP contribution is -2.13. The predicted molar refractivity (Wildman–Crippen MR) is 85.4 cm³/mol. The van der Waals surface area contributed by atoms with E-state index in [4.69, 9.17) is 28.8 Å². The molecule has 0 aliphatic heterocycles. The highest BCUT2D eigenvalue weighted by molar-refractivity contribution is 5.69. The van der Waals surface area contributed by atoms with Gasteiger partial charge in [-0.05, 0) is 26.7 Å². The van der Waals surface area contributed by atoms with Gasteiger partial charge in [-0.15, -0.1) is 0 Å². The second-order valence-electron chi connectivity index (χ2n) is 5.17. The summed E-state index contributed by atoms with van der Waals surface area (Å²) in [6, 6.07) is 0. The molecule has 0 aromatic rings. The Kier molecular flexibility index (Phi) is 17.1. The van der Waals surface area contributed by atoms with Gasteiger partial charge in [-0.2, -0.15) is 0 Å².